The molecular weight excluding hydrogens is 488 g/mol. The smallest absolute Gasteiger partial charge is 0.211 e. The zero-order valence-electron chi connectivity index (χ0n) is 21.3. The van der Waals surface area contributed by atoms with Crippen molar-refractivity contribution in [3.05, 3.63) is 138 Å². The third-order valence-corrected chi connectivity index (χ3v) is 7.93. The molecule has 2 aromatic heterocycles. The molecule has 184 valence electrons. The lowest BCUT2D eigenvalue weighted by Gasteiger charge is -2.15. The van der Waals surface area contributed by atoms with E-state index in [0.717, 1.165) is 65.8 Å². The largest absolute Gasteiger partial charge is 0.319 e. The number of hydrogen-bond donors (Lipinski definition) is 0. The number of aromatic nitrogens is 2. The quantitative estimate of drug-likeness (QED) is 0.214. The molecule has 0 bridgehead atoms. The van der Waals surface area contributed by atoms with Gasteiger partial charge >= 0.3 is 0 Å². The summed E-state index contributed by atoms with van der Waals surface area (Å²) in [7, 11) is 0. The van der Waals surface area contributed by atoms with Crippen LogP contribution in [0.4, 0.5) is 5.69 Å². The Morgan fingerprint density at radius 2 is 0.925 bits per heavy atom. The van der Waals surface area contributed by atoms with E-state index in [1.54, 1.807) is 0 Å². The van der Waals surface area contributed by atoms with Gasteiger partial charge in [-0.1, -0.05) is 72.8 Å². The molecule has 0 saturated heterocycles. The minimum Gasteiger partial charge on any atom is -0.319 e. The molecule has 0 aliphatic carbocycles. The normalized spacial score (nSPS) is 11.4. The standard InChI is InChI=1S/C36H20N4/c1-38-30-19-24-20-35(39-31-14-6-2-10-26(31)27-11-3-7-15-32(27)39)25(22-37)18-23(24)21-36(30)40-33-16-8-4-12-28(33)29-13-5-9-17-34(29)40/h2-21H. The Kier molecular flexibility index (Phi) is 4.62. The fourth-order valence-corrected chi connectivity index (χ4v) is 6.22. The van der Waals surface area contributed by atoms with Crippen molar-refractivity contribution in [1.82, 2.24) is 9.13 Å². The van der Waals surface area contributed by atoms with Gasteiger partial charge < -0.3 is 9.13 Å². The van der Waals surface area contributed by atoms with E-state index in [-0.39, 0.29) is 0 Å². The van der Waals surface area contributed by atoms with Crippen molar-refractivity contribution < 1.29 is 0 Å². The van der Waals surface area contributed by atoms with E-state index in [2.05, 4.69) is 80.7 Å². The summed E-state index contributed by atoms with van der Waals surface area (Å²) in [5.41, 5.74) is 6.98. The molecule has 8 aromatic rings. The van der Waals surface area contributed by atoms with Crippen molar-refractivity contribution in [1.29, 1.82) is 5.26 Å². The zero-order chi connectivity index (χ0) is 26.8. The van der Waals surface area contributed by atoms with Crippen molar-refractivity contribution in [2.75, 3.05) is 0 Å². The topological polar surface area (TPSA) is 38.0 Å². The summed E-state index contributed by atoms with van der Waals surface area (Å²) >= 11 is 0. The molecule has 0 unspecified atom stereocenters. The number of nitrogens with zero attached hydrogens (tertiary/aromatic N) is 4. The van der Waals surface area contributed by atoms with Crippen LogP contribution in [0.1, 0.15) is 5.56 Å². The van der Waals surface area contributed by atoms with Gasteiger partial charge in [-0.15, -0.1) is 0 Å². The van der Waals surface area contributed by atoms with E-state index in [4.69, 9.17) is 6.57 Å². The van der Waals surface area contributed by atoms with Gasteiger partial charge in [0.2, 0.25) is 5.69 Å². The fraction of sp³-hybridized carbons (Fsp3) is 0. The van der Waals surface area contributed by atoms with Crippen LogP contribution in [-0.2, 0) is 0 Å². The van der Waals surface area contributed by atoms with Gasteiger partial charge in [0, 0.05) is 21.5 Å². The molecule has 0 saturated carbocycles. The average molecular weight is 509 g/mol. The maximum atomic E-state index is 10.3. The summed E-state index contributed by atoms with van der Waals surface area (Å²) in [5.74, 6) is 0. The Hall–Kier alpha value is -5.84. The lowest BCUT2D eigenvalue weighted by Crippen LogP contribution is -1.99. The second-order valence-electron chi connectivity index (χ2n) is 10.0. The second-order valence-corrected chi connectivity index (χ2v) is 10.0. The molecule has 0 radical (unpaired) electrons. The van der Waals surface area contributed by atoms with Gasteiger partial charge in [0.1, 0.15) is 6.07 Å². The Labute approximate surface area is 230 Å². The number of benzene rings is 6. The molecule has 4 nitrogen and oxygen atoms in total. The molecule has 0 spiro atoms. The summed E-state index contributed by atoms with van der Waals surface area (Å²) in [6, 6.07) is 43.6. The van der Waals surface area contributed by atoms with Crippen LogP contribution in [0.5, 0.6) is 0 Å². The van der Waals surface area contributed by atoms with Crippen LogP contribution in [0, 0.1) is 17.9 Å². The SMILES string of the molecule is [C-]#[N+]c1cc2cc(-n3c4ccccc4c4ccccc43)c(C#N)cc2cc1-n1c2ccccc2c2ccccc21. The van der Waals surface area contributed by atoms with Gasteiger partial charge in [0.15, 0.2) is 0 Å². The Morgan fingerprint density at radius 1 is 0.525 bits per heavy atom. The number of fused-ring (bicyclic) bond motifs is 7. The highest BCUT2D eigenvalue weighted by Crippen LogP contribution is 2.39. The maximum Gasteiger partial charge on any atom is 0.211 e. The number of rotatable bonds is 2. The van der Waals surface area contributed by atoms with Crippen LogP contribution in [0.3, 0.4) is 0 Å². The van der Waals surface area contributed by atoms with Crippen LogP contribution in [0.25, 0.3) is 70.6 Å². The van der Waals surface area contributed by atoms with Crippen molar-refractivity contribution in [3.8, 4) is 17.4 Å². The van der Waals surface area contributed by atoms with E-state index < -0.39 is 0 Å². The maximum absolute atomic E-state index is 10.3. The summed E-state index contributed by atoms with van der Waals surface area (Å²) in [6.07, 6.45) is 0. The summed E-state index contributed by atoms with van der Waals surface area (Å²) in [6.45, 7) is 8.12. The van der Waals surface area contributed by atoms with Crippen LogP contribution >= 0.6 is 0 Å². The predicted octanol–water partition coefficient (Wildman–Crippen LogP) is 9.46. The van der Waals surface area contributed by atoms with Gasteiger partial charge in [-0.3, -0.25) is 0 Å². The first kappa shape index (κ1) is 22.2. The van der Waals surface area contributed by atoms with Crippen LogP contribution in [0.2, 0.25) is 0 Å². The minimum absolute atomic E-state index is 0.567. The van der Waals surface area contributed by atoms with E-state index in [0.29, 0.717) is 11.3 Å². The Morgan fingerprint density at radius 3 is 1.38 bits per heavy atom. The van der Waals surface area contributed by atoms with Gasteiger partial charge in [-0.05, 0) is 59.3 Å². The molecular formula is C36H20N4. The number of hydrogen-bond acceptors (Lipinski definition) is 1. The molecule has 0 N–H and O–H groups in total. The van der Waals surface area contributed by atoms with Gasteiger partial charge in [-0.2, -0.15) is 5.26 Å². The molecule has 0 amide bonds. The monoisotopic (exact) mass is 508 g/mol. The molecule has 6 aromatic carbocycles. The Balaban J connectivity index is 1.45. The zero-order valence-corrected chi connectivity index (χ0v) is 21.3. The van der Waals surface area contributed by atoms with E-state index in [1.165, 1.54) is 0 Å². The van der Waals surface area contributed by atoms with Crippen LogP contribution in [0.15, 0.2) is 121 Å². The van der Waals surface area contributed by atoms with Crippen molar-refractivity contribution in [2.45, 2.75) is 0 Å². The minimum atomic E-state index is 0.567. The Bertz CT molecular complexity index is 2130. The van der Waals surface area contributed by atoms with Gasteiger partial charge in [0.25, 0.3) is 0 Å². The van der Waals surface area contributed by atoms with E-state index in [1.807, 2.05) is 60.7 Å². The molecule has 40 heavy (non-hydrogen) atoms. The molecule has 4 heteroatoms. The van der Waals surface area contributed by atoms with Crippen molar-refractivity contribution in [2.24, 2.45) is 0 Å². The lowest BCUT2D eigenvalue weighted by atomic mass is 10.0. The number of nitriles is 1. The first-order valence-electron chi connectivity index (χ1n) is 13.1. The van der Waals surface area contributed by atoms with E-state index in [9.17, 15) is 5.26 Å². The summed E-state index contributed by atoms with van der Waals surface area (Å²) < 4.78 is 4.34. The van der Waals surface area contributed by atoms with Crippen molar-refractivity contribution in [3.63, 3.8) is 0 Å². The summed E-state index contributed by atoms with van der Waals surface area (Å²) in [4.78, 5) is 3.98. The lowest BCUT2D eigenvalue weighted by molar-refractivity contribution is 1.17. The van der Waals surface area contributed by atoms with Crippen molar-refractivity contribution >= 4 is 60.1 Å². The second kappa shape index (κ2) is 8.33. The highest BCUT2D eigenvalue weighted by molar-refractivity contribution is 6.11. The molecule has 0 aliphatic heterocycles. The number of para-hydroxylation sites is 4. The van der Waals surface area contributed by atoms with Gasteiger partial charge in [0.05, 0.1) is 45.6 Å². The first-order chi connectivity index (χ1) is 19.8. The molecule has 0 fully saturated rings. The molecule has 2 heterocycles. The average Bonchev–Trinajstić information content (AvgIpc) is 3.53. The van der Waals surface area contributed by atoms with Gasteiger partial charge in [-0.25, -0.2) is 4.85 Å². The molecule has 8 rings (SSSR count). The third kappa shape index (κ3) is 2.99. The molecule has 0 atom stereocenters. The van der Waals surface area contributed by atoms with Crippen LogP contribution < -0.4 is 0 Å². The highest BCUT2D eigenvalue weighted by atomic mass is 15.0. The third-order valence-electron chi connectivity index (χ3n) is 7.93. The molecule has 0 aliphatic rings. The summed E-state index contributed by atoms with van der Waals surface area (Å²) in [5, 5.41) is 16.8. The first-order valence-corrected chi connectivity index (χ1v) is 13.1. The highest BCUT2D eigenvalue weighted by Gasteiger charge is 2.18. The van der Waals surface area contributed by atoms with Crippen LogP contribution in [-0.4, -0.2) is 9.13 Å². The van der Waals surface area contributed by atoms with E-state index >= 15 is 0 Å². The fourth-order valence-electron chi connectivity index (χ4n) is 6.22. The predicted molar refractivity (Wildman–Crippen MR) is 164 cm³/mol.